The summed E-state index contributed by atoms with van der Waals surface area (Å²) in [5.41, 5.74) is -0.147. The fourth-order valence-corrected chi connectivity index (χ4v) is 2.87. The van der Waals surface area contributed by atoms with Crippen LogP contribution in [0.2, 0.25) is 0 Å². The number of nitrogens with zero attached hydrogens (tertiary/aromatic N) is 2. The molecule has 1 saturated heterocycles. The number of carbonyl (C=O) groups excluding carboxylic acids is 1. The maximum absolute atomic E-state index is 12.1. The van der Waals surface area contributed by atoms with Crippen LogP contribution in [0, 0.1) is 0 Å². The molecule has 1 aliphatic heterocycles. The van der Waals surface area contributed by atoms with E-state index in [1.807, 2.05) is 25.7 Å². The summed E-state index contributed by atoms with van der Waals surface area (Å²) in [7, 11) is 0. The zero-order chi connectivity index (χ0) is 13.6. The van der Waals surface area contributed by atoms with Gasteiger partial charge in [0.1, 0.15) is 5.60 Å². The van der Waals surface area contributed by atoms with Crippen LogP contribution >= 0.6 is 0 Å². The lowest BCUT2D eigenvalue weighted by atomic mass is 10.1. The Morgan fingerprint density at radius 2 is 1.83 bits per heavy atom. The standard InChI is InChI=1S/C14H26N2O2/c1-11(2)16-9-8-15(10-14(16)6-7-14)12(17)18-13(3,4)5/h11H,6-10H2,1-5H3. The Bertz CT molecular complexity index is 329. The van der Waals surface area contributed by atoms with Gasteiger partial charge in [-0.25, -0.2) is 4.79 Å². The third-order valence-electron chi connectivity index (χ3n) is 3.81. The molecular weight excluding hydrogens is 228 g/mol. The number of carbonyl (C=O) groups is 1. The summed E-state index contributed by atoms with van der Waals surface area (Å²) in [5.74, 6) is 0. The highest BCUT2D eigenvalue weighted by Gasteiger charge is 2.53. The lowest BCUT2D eigenvalue weighted by molar-refractivity contribution is -0.00745. The second kappa shape index (κ2) is 4.41. The minimum Gasteiger partial charge on any atom is -0.444 e. The van der Waals surface area contributed by atoms with Crippen LogP contribution in [-0.4, -0.2) is 52.7 Å². The van der Waals surface area contributed by atoms with Crippen molar-refractivity contribution in [2.75, 3.05) is 19.6 Å². The van der Waals surface area contributed by atoms with Crippen LogP contribution in [0.15, 0.2) is 0 Å². The molecule has 2 fully saturated rings. The van der Waals surface area contributed by atoms with Crippen LogP contribution in [0.4, 0.5) is 4.79 Å². The molecular formula is C14H26N2O2. The Hall–Kier alpha value is -0.770. The van der Waals surface area contributed by atoms with Gasteiger partial charge in [-0.15, -0.1) is 0 Å². The zero-order valence-corrected chi connectivity index (χ0v) is 12.3. The molecule has 0 radical (unpaired) electrons. The molecule has 0 unspecified atom stereocenters. The van der Waals surface area contributed by atoms with Gasteiger partial charge in [0.15, 0.2) is 0 Å². The van der Waals surface area contributed by atoms with Crippen molar-refractivity contribution in [2.45, 2.75) is 64.6 Å². The zero-order valence-electron chi connectivity index (χ0n) is 12.3. The quantitative estimate of drug-likeness (QED) is 0.720. The molecule has 0 aromatic carbocycles. The van der Waals surface area contributed by atoms with E-state index in [4.69, 9.17) is 4.74 Å². The maximum atomic E-state index is 12.1. The monoisotopic (exact) mass is 254 g/mol. The third kappa shape index (κ3) is 2.79. The number of hydrogen-bond acceptors (Lipinski definition) is 3. The van der Waals surface area contributed by atoms with Gasteiger partial charge in [0.05, 0.1) is 0 Å². The van der Waals surface area contributed by atoms with E-state index in [1.54, 1.807) is 0 Å². The molecule has 0 atom stereocenters. The van der Waals surface area contributed by atoms with E-state index in [1.165, 1.54) is 12.8 Å². The van der Waals surface area contributed by atoms with Gasteiger partial charge in [-0.05, 0) is 47.5 Å². The summed E-state index contributed by atoms with van der Waals surface area (Å²) in [6.07, 6.45) is 2.27. The van der Waals surface area contributed by atoms with E-state index in [2.05, 4.69) is 18.7 Å². The van der Waals surface area contributed by atoms with Gasteiger partial charge in [-0.2, -0.15) is 0 Å². The maximum Gasteiger partial charge on any atom is 0.410 e. The first-order valence-electron chi connectivity index (χ1n) is 6.98. The fraction of sp³-hybridized carbons (Fsp3) is 0.929. The normalized spacial score (nSPS) is 23.6. The number of piperazine rings is 1. The van der Waals surface area contributed by atoms with Crippen LogP contribution in [0.1, 0.15) is 47.5 Å². The van der Waals surface area contributed by atoms with Crippen LogP contribution in [0.3, 0.4) is 0 Å². The first-order valence-corrected chi connectivity index (χ1v) is 6.98. The largest absolute Gasteiger partial charge is 0.444 e. The van der Waals surface area contributed by atoms with E-state index in [-0.39, 0.29) is 11.6 Å². The van der Waals surface area contributed by atoms with E-state index >= 15 is 0 Å². The molecule has 0 bridgehead atoms. The average molecular weight is 254 g/mol. The second-order valence-corrected chi connectivity index (χ2v) is 6.91. The van der Waals surface area contributed by atoms with Crippen molar-refractivity contribution in [3.63, 3.8) is 0 Å². The van der Waals surface area contributed by atoms with Gasteiger partial charge in [0, 0.05) is 31.2 Å². The first-order chi connectivity index (χ1) is 8.23. The van der Waals surface area contributed by atoms with Gasteiger partial charge >= 0.3 is 6.09 Å². The van der Waals surface area contributed by atoms with Gasteiger partial charge < -0.3 is 9.64 Å². The fourth-order valence-electron chi connectivity index (χ4n) is 2.87. The Morgan fingerprint density at radius 1 is 1.22 bits per heavy atom. The third-order valence-corrected chi connectivity index (χ3v) is 3.81. The number of ether oxygens (including phenoxy) is 1. The van der Waals surface area contributed by atoms with E-state index in [0.717, 1.165) is 19.6 Å². The van der Waals surface area contributed by atoms with Crippen molar-refractivity contribution in [3.8, 4) is 0 Å². The molecule has 1 saturated carbocycles. The van der Waals surface area contributed by atoms with Gasteiger partial charge in [-0.1, -0.05) is 0 Å². The summed E-state index contributed by atoms with van der Waals surface area (Å²) in [5, 5.41) is 0. The van der Waals surface area contributed by atoms with Crippen LogP contribution in [0.5, 0.6) is 0 Å². The minimum absolute atomic E-state index is 0.155. The van der Waals surface area contributed by atoms with Crippen LogP contribution < -0.4 is 0 Å². The van der Waals surface area contributed by atoms with Gasteiger partial charge in [0.2, 0.25) is 0 Å². The molecule has 1 spiro atoms. The molecule has 0 aromatic rings. The van der Waals surface area contributed by atoms with Gasteiger partial charge in [-0.3, -0.25) is 4.90 Å². The molecule has 4 heteroatoms. The van der Waals surface area contributed by atoms with E-state index in [9.17, 15) is 4.79 Å². The molecule has 2 rings (SSSR count). The van der Waals surface area contributed by atoms with Crippen molar-refractivity contribution < 1.29 is 9.53 Å². The second-order valence-electron chi connectivity index (χ2n) is 6.91. The summed E-state index contributed by atoms with van der Waals surface area (Å²) < 4.78 is 5.46. The van der Waals surface area contributed by atoms with E-state index < -0.39 is 5.60 Å². The minimum atomic E-state index is -0.400. The molecule has 18 heavy (non-hydrogen) atoms. The van der Waals surface area contributed by atoms with Crippen molar-refractivity contribution in [1.82, 2.24) is 9.80 Å². The number of rotatable bonds is 1. The highest BCUT2D eigenvalue weighted by Crippen LogP contribution is 2.45. The molecule has 1 aliphatic carbocycles. The number of hydrogen-bond donors (Lipinski definition) is 0. The summed E-state index contributed by atoms with van der Waals surface area (Å²) in [6.45, 7) is 12.8. The lowest BCUT2D eigenvalue weighted by Gasteiger charge is -2.44. The molecule has 4 nitrogen and oxygen atoms in total. The lowest BCUT2D eigenvalue weighted by Crippen LogP contribution is -2.58. The Kier molecular flexibility index (Phi) is 3.34. The molecule has 104 valence electrons. The number of amides is 1. The van der Waals surface area contributed by atoms with E-state index in [0.29, 0.717) is 6.04 Å². The van der Waals surface area contributed by atoms with Crippen molar-refractivity contribution in [3.05, 3.63) is 0 Å². The summed E-state index contributed by atoms with van der Waals surface area (Å²) >= 11 is 0. The SMILES string of the molecule is CC(C)N1CCN(C(=O)OC(C)(C)C)CC12CC2. The summed E-state index contributed by atoms with van der Waals surface area (Å²) in [4.78, 5) is 16.5. The molecule has 1 amide bonds. The molecule has 2 aliphatic rings. The first kappa shape index (κ1) is 13.7. The predicted molar refractivity (Wildman–Crippen MR) is 71.6 cm³/mol. The van der Waals surface area contributed by atoms with Crippen molar-refractivity contribution in [1.29, 1.82) is 0 Å². The Labute approximate surface area is 110 Å². The average Bonchev–Trinajstić information content (AvgIpc) is 2.95. The predicted octanol–water partition coefficient (Wildman–Crippen LogP) is 2.48. The van der Waals surface area contributed by atoms with Crippen molar-refractivity contribution >= 4 is 6.09 Å². The Balaban J connectivity index is 1.97. The highest BCUT2D eigenvalue weighted by atomic mass is 16.6. The molecule has 0 N–H and O–H groups in total. The van der Waals surface area contributed by atoms with Crippen LogP contribution in [0.25, 0.3) is 0 Å². The Morgan fingerprint density at radius 3 is 2.28 bits per heavy atom. The van der Waals surface area contributed by atoms with Crippen molar-refractivity contribution in [2.24, 2.45) is 0 Å². The topological polar surface area (TPSA) is 32.8 Å². The van der Waals surface area contributed by atoms with Gasteiger partial charge in [0.25, 0.3) is 0 Å². The smallest absolute Gasteiger partial charge is 0.410 e. The highest BCUT2D eigenvalue weighted by molar-refractivity contribution is 5.68. The van der Waals surface area contributed by atoms with Crippen LogP contribution in [-0.2, 0) is 4.74 Å². The molecule has 0 aromatic heterocycles. The molecule has 1 heterocycles. The summed E-state index contributed by atoms with van der Waals surface area (Å²) in [6, 6.07) is 0.563.